The van der Waals surface area contributed by atoms with E-state index in [0.717, 1.165) is 55.7 Å². The van der Waals surface area contributed by atoms with Gasteiger partial charge in [0.25, 0.3) is 0 Å². The fourth-order valence-electron chi connectivity index (χ4n) is 3.23. The molecule has 1 N–H and O–H groups in total. The van der Waals surface area contributed by atoms with Crippen molar-refractivity contribution in [3.8, 4) is 0 Å². The Morgan fingerprint density at radius 3 is 2.93 bits per heavy atom. The summed E-state index contributed by atoms with van der Waals surface area (Å²) in [5, 5.41) is 11.7. The van der Waals surface area contributed by atoms with E-state index in [9.17, 15) is 4.39 Å². The van der Waals surface area contributed by atoms with E-state index in [1.54, 1.807) is 6.07 Å². The van der Waals surface area contributed by atoms with E-state index in [-0.39, 0.29) is 5.82 Å². The summed E-state index contributed by atoms with van der Waals surface area (Å²) in [6.07, 6.45) is 1.77. The maximum atomic E-state index is 13.7. The lowest BCUT2D eigenvalue weighted by atomic mass is 10.00. The Hall–Kier alpha value is -2.48. The van der Waals surface area contributed by atoms with Crippen molar-refractivity contribution in [1.82, 2.24) is 25.0 Å². The molecule has 0 bridgehead atoms. The summed E-state index contributed by atoms with van der Waals surface area (Å²) in [6, 6.07) is 5.04. The third-order valence-corrected chi connectivity index (χ3v) is 4.99. The van der Waals surface area contributed by atoms with Crippen LogP contribution in [-0.4, -0.2) is 51.9 Å². The Morgan fingerprint density at radius 2 is 2.18 bits per heavy atom. The molecular formula is C20H29FN6O. The number of aryl methyl sites for hydroxylation is 1. The van der Waals surface area contributed by atoms with Gasteiger partial charge in [-0.25, -0.2) is 9.38 Å². The molecule has 0 fully saturated rings. The van der Waals surface area contributed by atoms with Gasteiger partial charge >= 0.3 is 0 Å². The quantitative estimate of drug-likeness (QED) is 0.447. The lowest BCUT2D eigenvalue weighted by Gasteiger charge is -2.32. The van der Waals surface area contributed by atoms with E-state index in [4.69, 9.17) is 9.73 Å². The smallest absolute Gasteiger partial charge is 0.194 e. The molecule has 1 aromatic carbocycles. The number of benzene rings is 1. The van der Waals surface area contributed by atoms with Crippen molar-refractivity contribution >= 4 is 5.96 Å². The number of ether oxygens (including phenoxy) is 1. The first-order valence-corrected chi connectivity index (χ1v) is 9.81. The van der Waals surface area contributed by atoms with E-state index in [1.807, 2.05) is 31.5 Å². The van der Waals surface area contributed by atoms with Gasteiger partial charge < -0.3 is 19.5 Å². The molecule has 2 aromatic rings. The molecule has 7 nitrogen and oxygen atoms in total. The van der Waals surface area contributed by atoms with E-state index >= 15 is 0 Å². The van der Waals surface area contributed by atoms with Crippen LogP contribution in [0.1, 0.15) is 36.1 Å². The summed E-state index contributed by atoms with van der Waals surface area (Å²) in [4.78, 5) is 6.95. The van der Waals surface area contributed by atoms with E-state index in [0.29, 0.717) is 19.7 Å². The number of guanidine groups is 1. The molecule has 0 saturated heterocycles. The summed E-state index contributed by atoms with van der Waals surface area (Å²) in [5.74, 6) is 2.29. The zero-order valence-corrected chi connectivity index (χ0v) is 16.9. The lowest BCUT2D eigenvalue weighted by Crippen LogP contribution is -2.44. The Kier molecular flexibility index (Phi) is 6.97. The molecule has 28 heavy (non-hydrogen) atoms. The summed E-state index contributed by atoms with van der Waals surface area (Å²) in [7, 11) is 1.94. The zero-order valence-electron chi connectivity index (χ0n) is 16.9. The van der Waals surface area contributed by atoms with Gasteiger partial charge in [0, 0.05) is 39.9 Å². The van der Waals surface area contributed by atoms with Crippen LogP contribution in [0.5, 0.6) is 0 Å². The predicted molar refractivity (Wildman–Crippen MR) is 107 cm³/mol. The van der Waals surface area contributed by atoms with Crippen LogP contribution in [0, 0.1) is 12.7 Å². The predicted octanol–water partition coefficient (Wildman–Crippen LogP) is 2.19. The van der Waals surface area contributed by atoms with Crippen LogP contribution < -0.4 is 5.32 Å². The second-order valence-corrected chi connectivity index (χ2v) is 6.92. The molecule has 1 aliphatic heterocycles. The standard InChI is InChI=1S/C20H29FN6O/c1-4-28-11-5-9-22-20(23-13-19-25-24-15(2)26(19)3)27-10-8-16-6-7-18(21)12-17(16)14-27/h6-7,12H,4-5,8-11,13-14H2,1-3H3,(H,22,23). The van der Waals surface area contributed by atoms with Crippen molar-refractivity contribution in [2.24, 2.45) is 12.0 Å². The van der Waals surface area contributed by atoms with Gasteiger partial charge in [-0.3, -0.25) is 0 Å². The average molecular weight is 388 g/mol. The summed E-state index contributed by atoms with van der Waals surface area (Å²) in [5.41, 5.74) is 2.22. The molecule has 0 unspecified atom stereocenters. The second-order valence-electron chi connectivity index (χ2n) is 6.92. The minimum atomic E-state index is -0.196. The van der Waals surface area contributed by atoms with Gasteiger partial charge in [0.05, 0.1) is 0 Å². The number of nitrogens with zero attached hydrogens (tertiary/aromatic N) is 5. The molecule has 152 valence electrons. The molecule has 3 rings (SSSR count). The average Bonchev–Trinajstić information content (AvgIpc) is 3.01. The SMILES string of the molecule is CCOCCCNC(=NCc1nnc(C)n1C)N1CCc2ccc(F)cc2C1. The van der Waals surface area contributed by atoms with Gasteiger partial charge in [-0.05, 0) is 49.9 Å². The van der Waals surface area contributed by atoms with Crippen LogP contribution in [0.2, 0.25) is 0 Å². The van der Waals surface area contributed by atoms with E-state index in [2.05, 4.69) is 20.4 Å². The van der Waals surface area contributed by atoms with Gasteiger partial charge in [-0.15, -0.1) is 10.2 Å². The molecule has 1 aliphatic rings. The third-order valence-electron chi connectivity index (χ3n) is 4.99. The maximum Gasteiger partial charge on any atom is 0.194 e. The van der Waals surface area contributed by atoms with Gasteiger partial charge in [-0.1, -0.05) is 6.07 Å². The van der Waals surface area contributed by atoms with Gasteiger partial charge in [-0.2, -0.15) is 0 Å². The highest BCUT2D eigenvalue weighted by atomic mass is 19.1. The topological polar surface area (TPSA) is 67.6 Å². The Bertz CT molecular complexity index is 819. The molecule has 0 saturated carbocycles. The zero-order chi connectivity index (χ0) is 19.9. The number of fused-ring (bicyclic) bond motifs is 1. The first-order valence-electron chi connectivity index (χ1n) is 9.81. The highest BCUT2D eigenvalue weighted by molar-refractivity contribution is 5.80. The van der Waals surface area contributed by atoms with Crippen molar-refractivity contribution < 1.29 is 9.13 Å². The molecule has 0 aliphatic carbocycles. The molecule has 0 spiro atoms. The molecular weight excluding hydrogens is 359 g/mol. The number of halogens is 1. The monoisotopic (exact) mass is 388 g/mol. The molecule has 0 atom stereocenters. The van der Waals surface area contributed by atoms with Crippen LogP contribution in [-0.2, 0) is 31.3 Å². The fraction of sp³-hybridized carbons (Fsp3) is 0.550. The number of nitrogens with one attached hydrogen (secondary N) is 1. The largest absolute Gasteiger partial charge is 0.382 e. The Balaban J connectivity index is 1.71. The second kappa shape index (κ2) is 9.64. The number of hydrogen-bond acceptors (Lipinski definition) is 4. The number of rotatable bonds is 7. The minimum Gasteiger partial charge on any atom is -0.382 e. The summed E-state index contributed by atoms with van der Waals surface area (Å²) in [6.45, 7) is 8.04. The van der Waals surface area contributed by atoms with Gasteiger partial charge in [0.15, 0.2) is 11.8 Å². The minimum absolute atomic E-state index is 0.196. The van der Waals surface area contributed by atoms with Crippen molar-refractivity contribution in [3.05, 3.63) is 46.8 Å². The molecule has 8 heteroatoms. The first-order chi connectivity index (χ1) is 13.6. The van der Waals surface area contributed by atoms with Gasteiger partial charge in [0.2, 0.25) is 0 Å². The number of hydrogen-bond donors (Lipinski definition) is 1. The van der Waals surface area contributed by atoms with Crippen molar-refractivity contribution in [3.63, 3.8) is 0 Å². The van der Waals surface area contributed by atoms with Crippen LogP contribution in [0.3, 0.4) is 0 Å². The fourth-order valence-corrected chi connectivity index (χ4v) is 3.23. The summed E-state index contributed by atoms with van der Waals surface area (Å²) >= 11 is 0. The molecule has 2 heterocycles. The van der Waals surface area contributed by atoms with Crippen LogP contribution >= 0.6 is 0 Å². The van der Waals surface area contributed by atoms with Crippen LogP contribution in [0.15, 0.2) is 23.2 Å². The number of aliphatic imine (C=N–C) groups is 1. The van der Waals surface area contributed by atoms with Crippen molar-refractivity contribution in [2.75, 3.05) is 26.3 Å². The van der Waals surface area contributed by atoms with Crippen LogP contribution in [0.4, 0.5) is 4.39 Å². The van der Waals surface area contributed by atoms with E-state index < -0.39 is 0 Å². The Morgan fingerprint density at radius 1 is 1.32 bits per heavy atom. The van der Waals surface area contributed by atoms with E-state index in [1.165, 1.54) is 11.6 Å². The van der Waals surface area contributed by atoms with Crippen molar-refractivity contribution in [1.29, 1.82) is 0 Å². The highest BCUT2D eigenvalue weighted by Crippen LogP contribution is 2.20. The third kappa shape index (κ3) is 5.07. The lowest BCUT2D eigenvalue weighted by molar-refractivity contribution is 0.145. The normalized spacial score (nSPS) is 14.3. The molecule has 1 aromatic heterocycles. The summed E-state index contributed by atoms with van der Waals surface area (Å²) < 4.78 is 21.0. The maximum absolute atomic E-state index is 13.7. The molecule has 0 amide bonds. The molecule has 0 radical (unpaired) electrons. The van der Waals surface area contributed by atoms with Crippen LogP contribution in [0.25, 0.3) is 0 Å². The highest BCUT2D eigenvalue weighted by Gasteiger charge is 2.20. The first kappa shape index (κ1) is 20.3. The number of aromatic nitrogens is 3. The van der Waals surface area contributed by atoms with Gasteiger partial charge in [0.1, 0.15) is 18.2 Å². The van der Waals surface area contributed by atoms with Crippen molar-refractivity contribution in [2.45, 2.75) is 39.8 Å². The Labute approximate surface area is 165 Å².